The highest BCUT2D eigenvalue weighted by Gasteiger charge is 2.33. The maximum absolute atomic E-state index is 13.1. The first kappa shape index (κ1) is 24.1. The molecule has 1 saturated heterocycles. The van der Waals surface area contributed by atoms with Gasteiger partial charge in [0.05, 0.1) is 30.9 Å². The summed E-state index contributed by atoms with van der Waals surface area (Å²) in [6, 6.07) is 22.2. The van der Waals surface area contributed by atoms with Crippen LogP contribution >= 0.6 is 35.6 Å². The van der Waals surface area contributed by atoms with Gasteiger partial charge in [0.25, 0.3) is 5.91 Å². The third kappa shape index (κ3) is 5.73. The van der Waals surface area contributed by atoms with Gasteiger partial charge in [0, 0.05) is 17.0 Å². The van der Waals surface area contributed by atoms with Gasteiger partial charge in [-0.05, 0) is 48.5 Å². The van der Waals surface area contributed by atoms with Crippen LogP contribution in [-0.4, -0.2) is 30.6 Å². The number of carbonyl (C=O) groups is 1. The molecule has 0 spiro atoms. The Morgan fingerprint density at radius 1 is 0.941 bits per heavy atom. The van der Waals surface area contributed by atoms with Crippen LogP contribution in [0.3, 0.4) is 0 Å². The molecule has 3 aromatic carbocycles. The Hall–Kier alpha value is -3.00. The number of nitrogens with zero attached hydrogens (tertiary/aromatic N) is 1. The third-order valence-corrected chi connectivity index (χ3v) is 6.48. The second-order valence-corrected chi connectivity index (χ2v) is 9.35. The molecule has 0 aliphatic carbocycles. The summed E-state index contributed by atoms with van der Waals surface area (Å²) in [4.78, 5) is 15.1. The maximum atomic E-state index is 13.1. The minimum absolute atomic E-state index is 0.169. The molecule has 1 amide bonds. The zero-order valence-corrected chi connectivity index (χ0v) is 20.8. The zero-order chi connectivity index (χ0) is 23.9. The van der Waals surface area contributed by atoms with Crippen LogP contribution < -0.4 is 19.1 Å². The van der Waals surface area contributed by atoms with Gasteiger partial charge >= 0.3 is 0 Å². The van der Waals surface area contributed by atoms with Crippen molar-refractivity contribution < 1.29 is 19.0 Å². The van der Waals surface area contributed by atoms with Crippen LogP contribution in [-0.2, 0) is 4.79 Å². The van der Waals surface area contributed by atoms with E-state index >= 15 is 0 Å². The van der Waals surface area contributed by atoms with Crippen molar-refractivity contribution in [3.8, 4) is 17.2 Å². The number of methoxy groups -OCH3 is 1. The lowest BCUT2D eigenvalue weighted by Crippen LogP contribution is -2.27. The first-order valence-corrected chi connectivity index (χ1v) is 12.2. The highest BCUT2D eigenvalue weighted by molar-refractivity contribution is 8.27. The smallest absolute Gasteiger partial charge is 0.270 e. The Balaban J connectivity index is 1.42. The van der Waals surface area contributed by atoms with Gasteiger partial charge in [0.2, 0.25) is 0 Å². The monoisotopic (exact) mass is 511 g/mol. The molecule has 0 N–H and O–H groups in total. The summed E-state index contributed by atoms with van der Waals surface area (Å²) in [5.74, 6) is 1.85. The van der Waals surface area contributed by atoms with Crippen molar-refractivity contribution in [3.63, 3.8) is 0 Å². The van der Waals surface area contributed by atoms with Crippen molar-refractivity contribution in [2.45, 2.75) is 6.42 Å². The largest absolute Gasteiger partial charge is 0.493 e. The van der Waals surface area contributed by atoms with E-state index in [9.17, 15) is 4.79 Å². The first-order valence-electron chi connectivity index (χ1n) is 10.6. The van der Waals surface area contributed by atoms with E-state index in [4.69, 9.17) is 38.0 Å². The van der Waals surface area contributed by atoms with Crippen LogP contribution in [0.1, 0.15) is 12.0 Å². The highest BCUT2D eigenvalue weighted by atomic mass is 35.5. The number of halogens is 1. The third-order valence-electron chi connectivity index (χ3n) is 4.94. The van der Waals surface area contributed by atoms with Crippen LogP contribution in [0.4, 0.5) is 5.69 Å². The summed E-state index contributed by atoms with van der Waals surface area (Å²) in [5.41, 5.74) is 1.46. The molecule has 1 heterocycles. The molecule has 5 nitrogen and oxygen atoms in total. The molecule has 34 heavy (non-hydrogen) atoms. The Labute approximate surface area is 213 Å². The number of ether oxygens (including phenoxy) is 3. The van der Waals surface area contributed by atoms with Crippen molar-refractivity contribution in [3.05, 3.63) is 88.3 Å². The average molecular weight is 512 g/mol. The van der Waals surface area contributed by atoms with Gasteiger partial charge in [-0.25, -0.2) is 0 Å². The van der Waals surface area contributed by atoms with E-state index in [2.05, 4.69) is 0 Å². The minimum Gasteiger partial charge on any atom is -0.493 e. The molecule has 0 saturated carbocycles. The molecule has 0 radical (unpaired) electrons. The summed E-state index contributed by atoms with van der Waals surface area (Å²) in [6.45, 7) is 0.904. The number of thioether (sulfide) groups is 1. The number of thiocarbonyl (C=S) groups is 1. The van der Waals surface area contributed by atoms with Crippen molar-refractivity contribution in [1.82, 2.24) is 0 Å². The van der Waals surface area contributed by atoms with Gasteiger partial charge in [-0.15, -0.1) is 0 Å². The molecule has 3 aromatic rings. The SMILES string of the molecule is COc1ccccc1OCCCOc1ccc(Cl)cc1/C=C1\SC(=S)N(c2ccccc2)C1=O. The van der Waals surface area contributed by atoms with Gasteiger partial charge in [-0.3, -0.25) is 9.69 Å². The van der Waals surface area contributed by atoms with E-state index in [-0.39, 0.29) is 5.91 Å². The second kappa shape index (κ2) is 11.4. The quantitative estimate of drug-likeness (QED) is 0.183. The molecule has 1 aliphatic rings. The first-order chi connectivity index (χ1) is 16.6. The Morgan fingerprint density at radius 3 is 2.35 bits per heavy atom. The number of rotatable bonds is 9. The molecule has 8 heteroatoms. The Morgan fingerprint density at radius 2 is 1.62 bits per heavy atom. The van der Waals surface area contributed by atoms with Gasteiger partial charge in [-0.2, -0.15) is 0 Å². The number of para-hydroxylation sites is 3. The highest BCUT2D eigenvalue weighted by Crippen LogP contribution is 2.37. The molecule has 4 rings (SSSR count). The summed E-state index contributed by atoms with van der Waals surface area (Å²) in [7, 11) is 1.61. The summed E-state index contributed by atoms with van der Waals surface area (Å²) in [6.07, 6.45) is 2.44. The number of amides is 1. The molecule has 1 aliphatic heterocycles. The van der Waals surface area contributed by atoms with E-state index in [0.717, 1.165) is 5.69 Å². The number of benzene rings is 3. The van der Waals surface area contributed by atoms with Crippen LogP contribution in [0.25, 0.3) is 6.08 Å². The number of carbonyl (C=O) groups excluding carboxylic acids is 1. The summed E-state index contributed by atoms with van der Waals surface area (Å²) >= 11 is 12.9. The van der Waals surface area contributed by atoms with Crippen LogP contribution in [0, 0.1) is 0 Å². The fraction of sp³-hybridized carbons (Fsp3) is 0.154. The van der Waals surface area contributed by atoms with Gasteiger partial charge in [0.1, 0.15) is 5.75 Å². The molecule has 0 aromatic heterocycles. The fourth-order valence-electron chi connectivity index (χ4n) is 3.33. The molecular formula is C26H22ClNO4S2. The second-order valence-electron chi connectivity index (χ2n) is 7.24. The number of hydrogen-bond acceptors (Lipinski definition) is 6. The van der Waals surface area contributed by atoms with Crippen molar-refractivity contribution >= 4 is 57.6 Å². The predicted molar refractivity (Wildman–Crippen MR) is 142 cm³/mol. The molecule has 174 valence electrons. The lowest BCUT2D eigenvalue weighted by atomic mass is 10.1. The Kier molecular flexibility index (Phi) is 8.11. The molecule has 0 atom stereocenters. The number of anilines is 1. The van der Waals surface area contributed by atoms with E-state index in [0.29, 0.717) is 56.7 Å². The lowest BCUT2D eigenvalue weighted by Gasteiger charge is -2.14. The Bertz CT molecular complexity index is 1220. The number of hydrogen-bond donors (Lipinski definition) is 0. The lowest BCUT2D eigenvalue weighted by molar-refractivity contribution is -0.113. The van der Waals surface area contributed by atoms with E-state index in [1.807, 2.05) is 54.6 Å². The van der Waals surface area contributed by atoms with Crippen molar-refractivity contribution in [2.75, 3.05) is 25.2 Å². The van der Waals surface area contributed by atoms with E-state index < -0.39 is 0 Å². The predicted octanol–water partition coefficient (Wildman–Crippen LogP) is 6.60. The van der Waals surface area contributed by atoms with Gasteiger partial charge in [-0.1, -0.05) is 65.9 Å². The molecule has 0 unspecified atom stereocenters. The van der Waals surface area contributed by atoms with Crippen LogP contribution in [0.2, 0.25) is 5.02 Å². The van der Waals surface area contributed by atoms with Crippen molar-refractivity contribution in [2.24, 2.45) is 0 Å². The van der Waals surface area contributed by atoms with Crippen LogP contribution in [0.5, 0.6) is 17.2 Å². The van der Waals surface area contributed by atoms with Gasteiger partial charge in [0.15, 0.2) is 15.8 Å². The molecule has 0 bridgehead atoms. The normalized spacial score (nSPS) is 14.5. The van der Waals surface area contributed by atoms with E-state index in [1.54, 1.807) is 31.4 Å². The van der Waals surface area contributed by atoms with Gasteiger partial charge < -0.3 is 14.2 Å². The summed E-state index contributed by atoms with van der Waals surface area (Å²) in [5, 5.41) is 0.552. The van der Waals surface area contributed by atoms with Crippen LogP contribution in [0.15, 0.2) is 77.7 Å². The van der Waals surface area contributed by atoms with Crippen molar-refractivity contribution in [1.29, 1.82) is 0 Å². The maximum Gasteiger partial charge on any atom is 0.270 e. The average Bonchev–Trinajstić information content (AvgIpc) is 3.13. The fourth-order valence-corrected chi connectivity index (χ4v) is 4.80. The minimum atomic E-state index is -0.169. The standard InChI is InChI=1S/C26H22ClNO4S2/c1-30-22-10-5-6-11-23(22)32-15-7-14-31-21-13-12-19(27)16-18(21)17-24-25(29)28(26(33)34-24)20-8-3-2-4-9-20/h2-6,8-13,16-17H,7,14-15H2,1H3/b24-17-. The zero-order valence-electron chi connectivity index (χ0n) is 18.4. The summed E-state index contributed by atoms with van der Waals surface area (Å²) < 4.78 is 17.6. The molecular weight excluding hydrogens is 490 g/mol. The molecule has 1 fully saturated rings. The topological polar surface area (TPSA) is 48.0 Å². The van der Waals surface area contributed by atoms with E-state index in [1.165, 1.54) is 16.7 Å².